The summed E-state index contributed by atoms with van der Waals surface area (Å²) in [6, 6.07) is 2.87. The molecule has 2 N–H and O–H groups in total. The van der Waals surface area contributed by atoms with Gasteiger partial charge in [-0.3, -0.25) is 19.7 Å². The molecule has 8 nitrogen and oxygen atoms in total. The van der Waals surface area contributed by atoms with Crippen LogP contribution in [-0.2, 0) is 9.59 Å². The highest BCUT2D eigenvalue weighted by molar-refractivity contribution is 7.99. The Labute approximate surface area is 118 Å². The lowest BCUT2D eigenvalue weighted by Gasteiger charge is -2.03. The third kappa shape index (κ3) is 6.14. The van der Waals surface area contributed by atoms with E-state index in [4.69, 9.17) is 5.11 Å². The minimum atomic E-state index is -0.963. The summed E-state index contributed by atoms with van der Waals surface area (Å²) in [6.07, 6.45) is 1.28. The molecule has 0 aliphatic carbocycles. The molecule has 0 saturated heterocycles. The van der Waals surface area contributed by atoms with Crippen molar-refractivity contribution in [2.24, 2.45) is 0 Å². The molecule has 0 radical (unpaired) electrons. The molecule has 0 unspecified atom stereocenters. The highest BCUT2D eigenvalue weighted by Gasteiger charge is 2.07. The highest BCUT2D eigenvalue weighted by Crippen LogP contribution is 2.18. The average Bonchev–Trinajstić information content (AvgIpc) is 2.39. The number of carbonyl (C=O) groups is 2. The Balaban J connectivity index is 2.24. The molecule has 1 rings (SSSR count). The maximum absolute atomic E-state index is 11.3. The molecule has 1 heterocycles. The average molecular weight is 299 g/mol. The number of pyridine rings is 1. The Bertz CT molecular complexity index is 491. The largest absolute Gasteiger partial charge is 0.481 e. The minimum absolute atomic E-state index is 0.0826. The number of thioether (sulfide) groups is 1. The van der Waals surface area contributed by atoms with E-state index in [9.17, 15) is 19.7 Å². The third-order valence-electron chi connectivity index (χ3n) is 2.17. The normalized spacial score (nSPS) is 10.0. The Morgan fingerprint density at radius 2 is 2.15 bits per heavy atom. The van der Waals surface area contributed by atoms with E-state index >= 15 is 0 Å². The molecule has 108 valence electrons. The summed E-state index contributed by atoms with van der Waals surface area (Å²) in [4.78, 5) is 35.4. The van der Waals surface area contributed by atoms with Gasteiger partial charge in [0.25, 0.3) is 5.69 Å². The van der Waals surface area contributed by atoms with Gasteiger partial charge in [-0.05, 0) is 6.07 Å². The van der Waals surface area contributed by atoms with Crippen molar-refractivity contribution < 1.29 is 19.6 Å². The van der Waals surface area contributed by atoms with Gasteiger partial charge in [-0.1, -0.05) is 0 Å². The van der Waals surface area contributed by atoms with E-state index in [1.807, 2.05) is 0 Å². The molecule has 0 aliphatic heterocycles. The lowest BCUT2D eigenvalue weighted by atomic mass is 10.4. The molecule has 1 aromatic heterocycles. The van der Waals surface area contributed by atoms with Crippen molar-refractivity contribution in [2.45, 2.75) is 17.9 Å². The van der Waals surface area contributed by atoms with Crippen LogP contribution < -0.4 is 5.32 Å². The van der Waals surface area contributed by atoms with Crippen molar-refractivity contribution in [2.75, 3.05) is 12.3 Å². The quantitative estimate of drug-likeness (QED) is 0.418. The van der Waals surface area contributed by atoms with Crippen LogP contribution in [0.2, 0.25) is 0 Å². The van der Waals surface area contributed by atoms with Gasteiger partial charge in [0.15, 0.2) is 0 Å². The van der Waals surface area contributed by atoms with Gasteiger partial charge in [0.1, 0.15) is 6.20 Å². The van der Waals surface area contributed by atoms with Crippen molar-refractivity contribution >= 4 is 29.3 Å². The van der Waals surface area contributed by atoms with Crippen LogP contribution in [-0.4, -0.2) is 39.2 Å². The number of nitrogens with one attached hydrogen (secondary N) is 1. The van der Waals surface area contributed by atoms with E-state index in [-0.39, 0.29) is 31.0 Å². The van der Waals surface area contributed by atoms with Crippen molar-refractivity contribution in [3.63, 3.8) is 0 Å². The number of carboxylic acid groups (broad SMARTS) is 1. The first-order chi connectivity index (χ1) is 9.49. The van der Waals surface area contributed by atoms with Gasteiger partial charge < -0.3 is 10.4 Å². The van der Waals surface area contributed by atoms with Crippen LogP contribution >= 0.6 is 11.8 Å². The fraction of sp³-hybridized carbons (Fsp3) is 0.364. The van der Waals surface area contributed by atoms with Gasteiger partial charge in [-0.15, -0.1) is 11.8 Å². The number of rotatable bonds is 8. The smallest absolute Gasteiger partial charge is 0.305 e. The van der Waals surface area contributed by atoms with E-state index < -0.39 is 10.9 Å². The van der Waals surface area contributed by atoms with Crippen molar-refractivity contribution in [1.82, 2.24) is 10.3 Å². The van der Waals surface area contributed by atoms with Crippen LogP contribution in [0.5, 0.6) is 0 Å². The van der Waals surface area contributed by atoms with Crippen LogP contribution in [0.1, 0.15) is 12.8 Å². The molecule has 1 amide bonds. The van der Waals surface area contributed by atoms with Gasteiger partial charge in [0.2, 0.25) is 5.91 Å². The maximum atomic E-state index is 11.3. The van der Waals surface area contributed by atoms with Crippen LogP contribution in [0, 0.1) is 10.1 Å². The first-order valence-corrected chi connectivity index (χ1v) is 6.69. The molecule has 0 spiro atoms. The Hall–Kier alpha value is -2.16. The van der Waals surface area contributed by atoms with Gasteiger partial charge >= 0.3 is 5.97 Å². The number of nitro groups is 1. The number of aliphatic carboxylic acids is 1. The highest BCUT2D eigenvalue weighted by atomic mass is 32.2. The van der Waals surface area contributed by atoms with Crippen molar-refractivity contribution in [3.8, 4) is 0 Å². The number of amides is 1. The first-order valence-electron chi connectivity index (χ1n) is 5.71. The molecule has 0 bridgehead atoms. The molecule has 0 aliphatic rings. The summed E-state index contributed by atoms with van der Waals surface area (Å²) < 4.78 is 0. The summed E-state index contributed by atoms with van der Waals surface area (Å²) >= 11 is 1.30. The minimum Gasteiger partial charge on any atom is -0.481 e. The van der Waals surface area contributed by atoms with Crippen LogP contribution in [0.15, 0.2) is 23.4 Å². The fourth-order valence-corrected chi connectivity index (χ4v) is 2.00. The van der Waals surface area contributed by atoms with Gasteiger partial charge in [0, 0.05) is 24.8 Å². The second kappa shape index (κ2) is 8.10. The van der Waals surface area contributed by atoms with Crippen molar-refractivity contribution in [3.05, 3.63) is 28.4 Å². The zero-order chi connectivity index (χ0) is 15.0. The van der Waals surface area contributed by atoms with E-state index in [1.54, 1.807) is 0 Å². The zero-order valence-electron chi connectivity index (χ0n) is 10.4. The monoisotopic (exact) mass is 299 g/mol. The van der Waals surface area contributed by atoms with Crippen LogP contribution in [0.4, 0.5) is 5.69 Å². The molecule has 0 saturated carbocycles. The maximum Gasteiger partial charge on any atom is 0.305 e. The summed E-state index contributed by atoms with van der Waals surface area (Å²) in [7, 11) is 0. The lowest BCUT2D eigenvalue weighted by Crippen LogP contribution is -2.26. The molecule has 20 heavy (non-hydrogen) atoms. The fourth-order valence-electron chi connectivity index (χ4n) is 1.21. The molecular formula is C11H13N3O5S. The first kappa shape index (κ1) is 15.9. The number of carbonyl (C=O) groups excluding carboxylic acids is 1. The van der Waals surface area contributed by atoms with Crippen LogP contribution in [0.25, 0.3) is 0 Å². The molecular weight excluding hydrogens is 286 g/mol. The van der Waals surface area contributed by atoms with Gasteiger partial charge in [-0.2, -0.15) is 0 Å². The molecule has 9 heteroatoms. The number of hydrogen-bond acceptors (Lipinski definition) is 6. The van der Waals surface area contributed by atoms with Crippen LogP contribution in [0.3, 0.4) is 0 Å². The molecule has 0 aromatic carbocycles. The standard InChI is InChI=1S/C11H13N3O5S/c15-9(12-5-3-11(16)17)4-6-20-10-2-1-8(7-13-10)14(18)19/h1-2,7H,3-6H2,(H,12,15)(H,16,17). The van der Waals surface area contributed by atoms with E-state index in [0.29, 0.717) is 10.8 Å². The topological polar surface area (TPSA) is 122 Å². The third-order valence-corrected chi connectivity index (χ3v) is 3.12. The number of aromatic nitrogens is 1. The van der Waals surface area contributed by atoms with Gasteiger partial charge in [0.05, 0.1) is 16.4 Å². The number of hydrogen-bond donors (Lipinski definition) is 2. The Morgan fingerprint density at radius 1 is 1.40 bits per heavy atom. The summed E-state index contributed by atoms with van der Waals surface area (Å²) in [6.45, 7) is 0.106. The van der Waals surface area contributed by atoms with Gasteiger partial charge in [-0.25, -0.2) is 4.98 Å². The van der Waals surface area contributed by atoms with Crippen molar-refractivity contribution in [1.29, 1.82) is 0 Å². The Morgan fingerprint density at radius 3 is 2.70 bits per heavy atom. The zero-order valence-corrected chi connectivity index (χ0v) is 11.3. The molecule has 1 aromatic rings. The molecule has 0 fully saturated rings. The van der Waals surface area contributed by atoms with E-state index in [1.165, 1.54) is 23.9 Å². The van der Waals surface area contributed by atoms with E-state index in [0.717, 1.165) is 6.20 Å². The predicted molar refractivity (Wildman–Crippen MR) is 71.5 cm³/mol. The number of carboxylic acids is 1. The SMILES string of the molecule is O=C(O)CCNC(=O)CCSc1ccc([N+](=O)[O-])cn1. The van der Waals surface area contributed by atoms with E-state index in [2.05, 4.69) is 10.3 Å². The number of nitrogens with zero attached hydrogens (tertiary/aromatic N) is 2. The second-order valence-corrected chi connectivity index (χ2v) is 4.82. The lowest BCUT2D eigenvalue weighted by molar-refractivity contribution is -0.385. The Kier molecular flexibility index (Phi) is 6.44. The summed E-state index contributed by atoms with van der Waals surface area (Å²) in [5.74, 6) is -0.737. The summed E-state index contributed by atoms with van der Waals surface area (Å²) in [5, 5.41) is 21.9. The second-order valence-electron chi connectivity index (χ2n) is 3.70. The molecule has 0 atom stereocenters. The summed E-state index contributed by atoms with van der Waals surface area (Å²) in [5.41, 5.74) is -0.0826. The predicted octanol–water partition coefficient (Wildman–Crippen LogP) is 1.06.